The third kappa shape index (κ3) is 12.9. The average molecular weight is 353 g/mol. The van der Waals surface area contributed by atoms with Gasteiger partial charge in [-0.3, -0.25) is 0 Å². The minimum Gasteiger partial charge on any atom is -0.346 e. The van der Waals surface area contributed by atoms with Gasteiger partial charge in [-0.15, -0.1) is 9.79 Å². The number of rotatable bonds is 0. The van der Waals surface area contributed by atoms with Gasteiger partial charge in [0, 0.05) is 4.57 Å². The third-order valence-electron chi connectivity index (χ3n) is 2.72. The van der Waals surface area contributed by atoms with E-state index in [2.05, 4.69) is 73.6 Å². The fourth-order valence-electron chi connectivity index (χ4n) is 1.56. The summed E-state index contributed by atoms with van der Waals surface area (Å²) in [4.78, 5) is 14.2. The van der Waals surface area contributed by atoms with Crippen LogP contribution < -0.4 is 0 Å². The molecule has 3 nitrogen and oxygen atoms in total. The summed E-state index contributed by atoms with van der Waals surface area (Å²) in [6.07, 6.45) is 0. The summed E-state index contributed by atoms with van der Waals surface area (Å²) in [6.45, 7) is 22.5. The van der Waals surface area contributed by atoms with E-state index in [1.54, 1.807) is 6.92 Å². The summed E-state index contributed by atoms with van der Waals surface area (Å²) in [5.41, 5.74) is 4.27. The number of hydrogen-bond donors (Lipinski definition) is 2. The summed E-state index contributed by atoms with van der Waals surface area (Å²) < 4.78 is 8.70. The van der Waals surface area contributed by atoms with Crippen LogP contribution in [0.3, 0.4) is 0 Å². The molecular formula is C17H30CaO3P+. The Morgan fingerprint density at radius 1 is 0.864 bits per heavy atom. The van der Waals surface area contributed by atoms with Crippen LogP contribution in [0.4, 0.5) is 0 Å². The Hall–Kier alpha value is 0.370. The van der Waals surface area contributed by atoms with Crippen molar-refractivity contribution in [1.29, 1.82) is 0 Å². The molecule has 0 heterocycles. The van der Waals surface area contributed by atoms with Gasteiger partial charge in [-0.25, -0.2) is 0 Å². The Balaban J connectivity index is -0.000000448. The minimum absolute atomic E-state index is 0. The molecule has 0 aliphatic rings. The Bertz CT molecular complexity index is 410. The average Bonchev–Trinajstić information content (AvgIpc) is 2.27. The van der Waals surface area contributed by atoms with Crippen molar-refractivity contribution in [3.63, 3.8) is 0 Å². The number of benzene rings is 1. The van der Waals surface area contributed by atoms with Crippen LogP contribution in [0.5, 0.6) is 0 Å². The quantitative estimate of drug-likeness (QED) is 0.409. The molecule has 0 unspecified atom stereocenters. The first-order chi connectivity index (χ1) is 9.34. The SMILES string of the molecule is O=[P+](O)O.[CH2-]C.[CH2-]c1cc(C(C)(C)C)cc(C(C)(C)C)c1.[Ca+2]. The molecule has 122 valence electrons. The molecule has 0 bridgehead atoms. The first-order valence-electron chi connectivity index (χ1n) is 6.88. The fraction of sp³-hybridized carbons (Fsp3) is 0.529. The molecule has 0 fully saturated rings. The van der Waals surface area contributed by atoms with Gasteiger partial charge in [-0.05, 0) is 10.8 Å². The molecule has 1 rings (SSSR count). The van der Waals surface area contributed by atoms with Gasteiger partial charge in [0.05, 0.1) is 0 Å². The molecule has 5 heteroatoms. The van der Waals surface area contributed by atoms with Crippen LogP contribution in [-0.4, -0.2) is 47.5 Å². The van der Waals surface area contributed by atoms with E-state index in [9.17, 15) is 0 Å². The Morgan fingerprint density at radius 2 is 1.09 bits per heavy atom. The van der Waals surface area contributed by atoms with Crippen LogP contribution in [0.2, 0.25) is 0 Å². The second-order valence-electron chi connectivity index (χ2n) is 6.67. The Kier molecular flexibility index (Phi) is 14.6. The van der Waals surface area contributed by atoms with Crippen molar-refractivity contribution in [2.24, 2.45) is 0 Å². The summed E-state index contributed by atoms with van der Waals surface area (Å²) in [7, 11) is -2.87. The van der Waals surface area contributed by atoms with E-state index in [1.807, 2.05) is 0 Å². The van der Waals surface area contributed by atoms with Crippen molar-refractivity contribution in [1.82, 2.24) is 0 Å². The van der Waals surface area contributed by atoms with Crippen molar-refractivity contribution in [3.05, 3.63) is 48.7 Å². The van der Waals surface area contributed by atoms with Gasteiger partial charge in [0.25, 0.3) is 0 Å². The van der Waals surface area contributed by atoms with E-state index in [-0.39, 0.29) is 48.6 Å². The van der Waals surface area contributed by atoms with Gasteiger partial charge < -0.3 is 6.92 Å². The van der Waals surface area contributed by atoms with E-state index in [1.165, 1.54) is 11.1 Å². The molecular weight excluding hydrogens is 323 g/mol. The zero-order chi connectivity index (χ0) is 17.4. The normalized spacial score (nSPS) is 10.3. The summed E-state index contributed by atoms with van der Waals surface area (Å²) in [5, 5.41) is 0. The second kappa shape index (κ2) is 11.8. The van der Waals surface area contributed by atoms with Crippen LogP contribution in [0.25, 0.3) is 0 Å². The van der Waals surface area contributed by atoms with Crippen LogP contribution in [-0.2, 0) is 15.4 Å². The molecule has 0 saturated carbocycles. The zero-order valence-corrected chi connectivity index (χ0v) is 18.2. The van der Waals surface area contributed by atoms with Crippen LogP contribution in [0.15, 0.2) is 18.2 Å². The first kappa shape index (κ1) is 27.2. The molecule has 0 radical (unpaired) electrons. The molecule has 0 aliphatic heterocycles. The molecule has 0 saturated heterocycles. The predicted molar refractivity (Wildman–Crippen MR) is 97.1 cm³/mol. The zero-order valence-electron chi connectivity index (χ0n) is 15.1. The van der Waals surface area contributed by atoms with Crippen molar-refractivity contribution >= 4 is 46.0 Å². The molecule has 0 atom stereocenters. The molecule has 2 N–H and O–H groups in total. The van der Waals surface area contributed by atoms with E-state index in [4.69, 9.17) is 14.4 Å². The topological polar surface area (TPSA) is 57.5 Å². The summed E-state index contributed by atoms with van der Waals surface area (Å²) in [6, 6.07) is 6.69. The van der Waals surface area contributed by atoms with Crippen molar-refractivity contribution in [3.8, 4) is 0 Å². The van der Waals surface area contributed by atoms with Crippen LogP contribution in [0.1, 0.15) is 65.2 Å². The summed E-state index contributed by atoms with van der Waals surface area (Å²) >= 11 is 0. The number of hydrogen-bond acceptors (Lipinski definition) is 1. The molecule has 0 aliphatic carbocycles. The third-order valence-corrected chi connectivity index (χ3v) is 2.72. The first-order valence-corrected chi connectivity index (χ1v) is 8.04. The van der Waals surface area contributed by atoms with Crippen molar-refractivity contribution in [2.45, 2.75) is 59.3 Å². The molecule has 0 amide bonds. The molecule has 1 aromatic carbocycles. The Morgan fingerprint density at radius 3 is 1.27 bits per heavy atom. The van der Waals surface area contributed by atoms with Gasteiger partial charge in [0.2, 0.25) is 0 Å². The maximum absolute atomic E-state index is 8.70. The monoisotopic (exact) mass is 353 g/mol. The van der Waals surface area contributed by atoms with Crippen molar-refractivity contribution < 1.29 is 14.4 Å². The summed E-state index contributed by atoms with van der Waals surface area (Å²) in [5.74, 6) is 0. The van der Waals surface area contributed by atoms with E-state index >= 15 is 0 Å². The predicted octanol–water partition coefficient (Wildman–Crippen LogP) is 4.55. The van der Waals surface area contributed by atoms with Gasteiger partial charge in [-0.1, -0.05) is 58.7 Å². The maximum atomic E-state index is 8.70. The molecule has 0 aromatic heterocycles. The fourth-order valence-corrected chi connectivity index (χ4v) is 1.56. The minimum atomic E-state index is -2.87. The molecule has 22 heavy (non-hydrogen) atoms. The van der Waals surface area contributed by atoms with Gasteiger partial charge in [0.15, 0.2) is 0 Å². The van der Waals surface area contributed by atoms with E-state index < -0.39 is 8.25 Å². The maximum Gasteiger partial charge on any atom is 2.00 e. The Labute approximate surface area is 167 Å². The van der Waals surface area contributed by atoms with Gasteiger partial charge >= 0.3 is 46.0 Å². The molecule has 1 aromatic rings. The van der Waals surface area contributed by atoms with Gasteiger partial charge in [0.1, 0.15) is 0 Å². The van der Waals surface area contributed by atoms with Crippen LogP contribution in [0, 0.1) is 13.8 Å². The smallest absolute Gasteiger partial charge is 0.346 e. The van der Waals surface area contributed by atoms with Gasteiger partial charge in [-0.2, -0.15) is 31.5 Å². The van der Waals surface area contributed by atoms with E-state index in [0.29, 0.717) is 0 Å². The van der Waals surface area contributed by atoms with E-state index in [0.717, 1.165) is 5.56 Å². The molecule has 0 spiro atoms. The largest absolute Gasteiger partial charge is 2.00 e. The second-order valence-corrected chi connectivity index (χ2v) is 7.18. The van der Waals surface area contributed by atoms with Crippen LogP contribution >= 0.6 is 8.25 Å². The standard InChI is InChI=1S/C15H23.C2H5.Ca.HO3P/c1-11-8-12(14(2,3)4)10-13(9-11)15(5,6)7;1-2;;1-4(2)3/h8-10H,1H2,2-7H3;1H2,2H3;;(H-,1,2,3)/q2*-1;+2;/p+1. The van der Waals surface area contributed by atoms with Crippen molar-refractivity contribution in [2.75, 3.05) is 0 Å².